The molecule has 2 heterocycles. The van der Waals surface area contributed by atoms with E-state index in [9.17, 15) is 5.11 Å². The SMILES string of the molecule is Cc1noc(COc2ccccc2OC[C@H](O)CN2CCN(C)CC2)n1. The number of piperazine rings is 1. The Bertz CT molecular complexity index is 685. The summed E-state index contributed by atoms with van der Waals surface area (Å²) in [6, 6.07) is 7.36. The van der Waals surface area contributed by atoms with E-state index in [1.165, 1.54) is 0 Å². The number of para-hydroxylation sites is 2. The number of hydrogen-bond acceptors (Lipinski definition) is 8. The number of aliphatic hydroxyl groups is 1. The molecule has 0 amide bonds. The van der Waals surface area contributed by atoms with Gasteiger partial charge in [-0.05, 0) is 26.1 Å². The zero-order valence-electron chi connectivity index (χ0n) is 15.3. The van der Waals surface area contributed by atoms with Crippen molar-refractivity contribution in [3.63, 3.8) is 0 Å². The Labute approximate surface area is 153 Å². The molecule has 1 aliphatic rings. The van der Waals surface area contributed by atoms with E-state index in [0.717, 1.165) is 26.2 Å². The summed E-state index contributed by atoms with van der Waals surface area (Å²) in [5, 5.41) is 14.0. The number of hydrogen-bond donors (Lipinski definition) is 1. The highest BCUT2D eigenvalue weighted by molar-refractivity contribution is 5.39. The molecule has 1 aliphatic heterocycles. The van der Waals surface area contributed by atoms with Crippen LogP contribution in [0.5, 0.6) is 11.5 Å². The number of β-amino-alcohol motifs (C(OH)–C–C–N with tert-alkyl or cyclic N) is 1. The van der Waals surface area contributed by atoms with Gasteiger partial charge in [-0.25, -0.2) is 0 Å². The van der Waals surface area contributed by atoms with Crippen LogP contribution >= 0.6 is 0 Å². The van der Waals surface area contributed by atoms with Crippen molar-refractivity contribution in [3.05, 3.63) is 36.0 Å². The van der Waals surface area contributed by atoms with Crippen molar-refractivity contribution in [1.82, 2.24) is 19.9 Å². The minimum Gasteiger partial charge on any atom is -0.487 e. The van der Waals surface area contributed by atoms with Crippen molar-refractivity contribution in [2.45, 2.75) is 19.6 Å². The van der Waals surface area contributed by atoms with Gasteiger partial charge in [0, 0.05) is 32.7 Å². The molecular formula is C18H26N4O4. The Hall–Kier alpha value is -2.16. The maximum atomic E-state index is 10.3. The van der Waals surface area contributed by atoms with Crippen LogP contribution in [-0.2, 0) is 6.61 Å². The van der Waals surface area contributed by atoms with Crippen molar-refractivity contribution in [2.75, 3.05) is 46.4 Å². The Morgan fingerprint density at radius 1 is 1.15 bits per heavy atom. The van der Waals surface area contributed by atoms with Crippen LogP contribution < -0.4 is 9.47 Å². The first-order valence-corrected chi connectivity index (χ1v) is 8.83. The lowest BCUT2D eigenvalue weighted by Crippen LogP contribution is -2.47. The number of rotatable bonds is 8. The molecule has 2 aromatic rings. The fourth-order valence-corrected chi connectivity index (χ4v) is 2.79. The monoisotopic (exact) mass is 362 g/mol. The van der Waals surface area contributed by atoms with Gasteiger partial charge >= 0.3 is 0 Å². The van der Waals surface area contributed by atoms with Gasteiger partial charge < -0.3 is 24.0 Å². The quantitative estimate of drug-likeness (QED) is 0.743. The molecule has 1 saturated heterocycles. The first-order chi connectivity index (χ1) is 12.6. The Morgan fingerprint density at radius 2 is 1.85 bits per heavy atom. The van der Waals surface area contributed by atoms with Crippen molar-refractivity contribution in [1.29, 1.82) is 0 Å². The first kappa shape index (κ1) is 18.6. The van der Waals surface area contributed by atoms with Gasteiger partial charge in [-0.3, -0.25) is 4.90 Å². The second kappa shape index (κ2) is 8.98. The number of benzene rings is 1. The van der Waals surface area contributed by atoms with Crippen LogP contribution in [0, 0.1) is 6.92 Å². The van der Waals surface area contributed by atoms with Gasteiger partial charge in [-0.15, -0.1) is 0 Å². The zero-order chi connectivity index (χ0) is 18.4. The van der Waals surface area contributed by atoms with E-state index in [0.29, 0.717) is 29.8 Å². The first-order valence-electron chi connectivity index (χ1n) is 8.83. The van der Waals surface area contributed by atoms with Crippen LogP contribution in [0.15, 0.2) is 28.8 Å². The molecular weight excluding hydrogens is 336 g/mol. The molecule has 3 rings (SSSR count). The maximum absolute atomic E-state index is 10.3. The molecule has 142 valence electrons. The molecule has 0 radical (unpaired) electrons. The van der Waals surface area contributed by atoms with E-state index in [-0.39, 0.29) is 13.2 Å². The van der Waals surface area contributed by atoms with E-state index in [1.54, 1.807) is 6.92 Å². The lowest BCUT2D eigenvalue weighted by molar-refractivity contribution is 0.0494. The predicted octanol–water partition coefficient (Wildman–Crippen LogP) is 0.944. The minimum absolute atomic E-state index is 0.172. The average Bonchev–Trinajstić information content (AvgIpc) is 3.06. The fourth-order valence-electron chi connectivity index (χ4n) is 2.79. The molecule has 8 nitrogen and oxygen atoms in total. The third kappa shape index (κ3) is 5.42. The van der Waals surface area contributed by atoms with Crippen LogP contribution in [0.4, 0.5) is 0 Å². The summed E-state index contributed by atoms with van der Waals surface area (Å²) in [6.45, 7) is 6.74. The summed E-state index contributed by atoms with van der Waals surface area (Å²) in [7, 11) is 2.11. The number of aryl methyl sites for hydroxylation is 1. The van der Waals surface area contributed by atoms with Crippen LogP contribution in [0.25, 0.3) is 0 Å². The highest BCUT2D eigenvalue weighted by Crippen LogP contribution is 2.27. The molecule has 0 unspecified atom stereocenters. The van der Waals surface area contributed by atoms with E-state index in [2.05, 4.69) is 27.0 Å². The van der Waals surface area contributed by atoms with E-state index in [4.69, 9.17) is 14.0 Å². The fraction of sp³-hybridized carbons (Fsp3) is 0.556. The van der Waals surface area contributed by atoms with Gasteiger partial charge in [0.25, 0.3) is 5.89 Å². The number of aliphatic hydroxyl groups excluding tert-OH is 1. The Kier molecular flexibility index (Phi) is 6.43. The maximum Gasteiger partial charge on any atom is 0.264 e. The van der Waals surface area contributed by atoms with Gasteiger partial charge in [0.2, 0.25) is 0 Å². The minimum atomic E-state index is -0.551. The third-order valence-corrected chi connectivity index (χ3v) is 4.27. The summed E-state index contributed by atoms with van der Waals surface area (Å²) in [5.41, 5.74) is 0. The van der Waals surface area contributed by atoms with Crippen molar-refractivity contribution >= 4 is 0 Å². The largest absolute Gasteiger partial charge is 0.487 e. The summed E-state index contributed by atoms with van der Waals surface area (Å²) >= 11 is 0. The number of nitrogens with zero attached hydrogens (tertiary/aromatic N) is 4. The van der Waals surface area contributed by atoms with Gasteiger partial charge in [0.1, 0.15) is 12.7 Å². The smallest absolute Gasteiger partial charge is 0.264 e. The van der Waals surface area contributed by atoms with Crippen molar-refractivity contribution in [3.8, 4) is 11.5 Å². The summed E-state index contributed by atoms with van der Waals surface area (Å²) in [6.07, 6.45) is -0.551. The average molecular weight is 362 g/mol. The third-order valence-electron chi connectivity index (χ3n) is 4.27. The Morgan fingerprint density at radius 3 is 2.50 bits per heavy atom. The lowest BCUT2D eigenvalue weighted by atomic mass is 10.2. The highest BCUT2D eigenvalue weighted by atomic mass is 16.5. The Balaban J connectivity index is 1.48. The van der Waals surface area contributed by atoms with Gasteiger partial charge in [-0.1, -0.05) is 17.3 Å². The van der Waals surface area contributed by atoms with E-state index >= 15 is 0 Å². The molecule has 1 fully saturated rings. The van der Waals surface area contributed by atoms with E-state index < -0.39 is 6.10 Å². The lowest BCUT2D eigenvalue weighted by Gasteiger charge is -2.33. The standard InChI is InChI=1S/C18H26N4O4/c1-14-19-18(26-20-14)13-25-17-6-4-3-5-16(17)24-12-15(23)11-22-9-7-21(2)8-10-22/h3-6,15,23H,7-13H2,1-2H3/t15-/m1/s1. The topological polar surface area (TPSA) is 84.1 Å². The van der Waals surface area contributed by atoms with Crippen LogP contribution in [0.3, 0.4) is 0 Å². The molecule has 0 spiro atoms. The number of aromatic nitrogens is 2. The van der Waals surface area contributed by atoms with Gasteiger partial charge in [0.05, 0.1) is 0 Å². The summed E-state index contributed by atoms with van der Waals surface area (Å²) < 4.78 is 16.5. The highest BCUT2D eigenvalue weighted by Gasteiger charge is 2.18. The molecule has 1 aromatic heterocycles. The normalized spacial score (nSPS) is 17.2. The van der Waals surface area contributed by atoms with Crippen LogP contribution in [0.2, 0.25) is 0 Å². The van der Waals surface area contributed by atoms with Crippen molar-refractivity contribution in [2.24, 2.45) is 0 Å². The second-order valence-electron chi connectivity index (χ2n) is 6.54. The number of likely N-dealkylation sites (N-methyl/N-ethyl adjacent to an activating group) is 1. The molecule has 0 bridgehead atoms. The van der Waals surface area contributed by atoms with E-state index in [1.807, 2.05) is 24.3 Å². The second-order valence-corrected chi connectivity index (χ2v) is 6.54. The molecule has 1 N–H and O–H groups in total. The zero-order valence-corrected chi connectivity index (χ0v) is 15.3. The molecule has 0 saturated carbocycles. The summed E-state index contributed by atoms with van der Waals surface area (Å²) in [4.78, 5) is 8.66. The van der Waals surface area contributed by atoms with Crippen LogP contribution in [0.1, 0.15) is 11.7 Å². The predicted molar refractivity (Wildman–Crippen MR) is 95.2 cm³/mol. The summed E-state index contributed by atoms with van der Waals surface area (Å²) in [5.74, 6) is 2.14. The van der Waals surface area contributed by atoms with Gasteiger partial charge in [0.15, 0.2) is 23.9 Å². The van der Waals surface area contributed by atoms with Crippen LogP contribution in [-0.4, -0.2) is 77.5 Å². The van der Waals surface area contributed by atoms with Crippen molar-refractivity contribution < 1.29 is 19.1 Å². The molecule has 1 aromatic carbocycles. The molecule has 1 atom stereocenters. The molecule has 8 heteroatoms. The molecule has 26 heavy (non-hydrogen) atoms. The number of ether oxygens (including phenoxy) is 2. The molecule has 0 aliphatic carbocycles. The van der Waals surface area contributed by atoms with Gasteiger partial charge in [-0.2, -0.15) is 4.98 Å².